The van der Waals surface area contributed by atoms with Crippen LogP contribution in [0.25, 0.3) is 32.7 Å². The highest BCUT2D eigenvalue weighted by Gasteiger charge is 2.22. The Balaban J connectivity index is 1.42. The number of nitrogens with zero attached hydrogens (tertiary/aromatic N) is 3. The summed E-state index contributed by atoms with van der Waals surface area (Å²) >= 11 is 0. The highest BCUT2D eigenvalue weighted by molar-refractivity contribution is 6.22. The predicted octanol–water partition coefficient (Wildman–Crippen LogP) is 7.02. The average molecular weight is 544 g/mol. The first-order valence-electron chi connectivity index (χ1n) is 13.4. The van der Waals surface area contributed by atoms with E-state index in [0.29, 0.717) is 33.2 Å². The molecule has 3 aromatic heterocycles. The second-order valence-corrected chi connectivity index (χ2v) is 9.93. The monoisotopic (exact) mass is 543 g/mol. The van der Waals surface area contributed by atoms with E-state index in [4.69, 9.17) is 0 Å². The van der Waals surface area contributed by atoms with Crippen LogP contribution >= 0.6 is 0 Å². The number of hydrogen-bond acceptors (Lipinski definition) is 6. The van der Waals surface area contributed by atoms with Crippen LogP contribution in [0.15, 0.2) is 128 Å². The molecule has 0 radical (unpaired) electrons. The summed E-state index contributed by atoms with van der Waals surface area (Å²) < 4.78 is 0. The fourth-order valence-corrected chi connectivity index (χ4v) is 5.35. The van der Waals surface area contributed by atoms with Gasteiger partial charge in [-0.3, -0.25) is 29.3 Å². The number of carbonyl (C=O) groups is 3. The molecule has 7 aromatic rings. The standard InChI is InChI=1S/C36H21N3O3/c40-34(28-13-1-7-22-10-4-16-37-31(22)28)25-19-26(35(41)29-14-2-8-23-11-5-17-38-32(23)29)21-27(20-25)36(42)30-15-3-9-24-12-6-18-39-33(24)30/h1-21H. The molecular weight excluding hydrogens is 522 g/mol. The maximum atomic E-state index is 14.0. The van der Waals surface area contributed by atoms with Gasteiger partial charge >= 0.3 is 0 Å². The fourth-order valence-electron chi connectivity index (χ4n) is 5.35. The Morgan fingerprint density at radius 1 is 0.381 bits per heavy atom. The van der Waals surface area contributed by atoms with Gasteiger partial charge in [-0.15, -0.1) is 0 Å². The van der Waals surface area contributed by atoms with Crippen molar-refractivity contribution in [1.29, 1.82) is 0 Å². The predicted molar refractivity (Wildman–Crippen MR) is 162 cm³/mol. The molecule has 0 saturated carbocycles. The third kappa shape index (κ3) is 4.32. The summed E-state index contributed by atoms with van der Waals surface area (Å²) in [6, 6.07) is 31.9. The van der Waals surface area contributed by atoms with Crippen molar-refractivity contribution in [2.45, 2.75) is 0 Å². The third-order valence-electron chi connectivity index (χ3n) is 7.35. The van der Waals surface area contributed by atoms with Gasteiger partial charge in [0.05, 0.1) is 16.6 Å². The minimum Gasteiger partial charge on any atom is -0.289 e. The molecule has 0 N–H and O–H groups in total. The van der Waals surface area contributed by atoms with Crippen LogP contribution in [0.4, 0.5) is 0 Å². The zero-order chi connectivity index (χ0) is 28.6. The Morgan fingerprint density at radius 2 is 0.667 bits per heavy atom. The van der Waals surface area contributed by atoms with Crippen LogP contribution in [0.1, 0.15) is 47.8 Å². The Kier molecular flexibility index (Phi) is 6.14. The molecule has 198 valence electrons. The normalized spacial score (nSPS) is 11.1. The Morgan fingerprint density at radius 3 is 0.976 bits per heavy atom. The average Bonchev–Trinajstić information content (AvgIpc) is 3.06. The van der Waals surface area contributed by atoms with E-state index in [1.54, 1.807) is 73.2 Å². The molecule has 3 heterocycles. The first-order chi connectivity index (χ1) is 20.6. The van der Waals surface area contributed by atoms with E-state index in [-0.39, 0.29) is 34.0 Å². The highest BCUT2D eigenvalue weighted by Crippen LogP contribution is 2.26. The quantitative estimate of drug-likeness (QED) is 0.209. The zero-order valence-electron chi connectivity index (χ0n) is 22.2. The maximum absolute atomic E-state index is 14.0. The zero-order valence-corrected chi connectivity index (χ0v) is 22.2. The molecule has 0 spiro atoms. The lowest BCUT2D eigenvalue weighted by Crippen LogP contribution is -2.12. The van der Waals surface area contributed by atoms with Gasteiger partial charge in [-0.1, -0.05) is 54.6 Å². The van der Waals surface area contributed by atoms with Crippen molar-refractivity contribution in [2.75, 3.05) is 0 Å². The molecule has 0 atom stereocenters. The molecule has 6 nitrogen and oxygen atoms in total. The third-order valence-corrected chi connectivity index (χ3v) is 7.35. The smallest absolute Gasteiger partial charge is 0.195 e. The lowest BCUT2D eigenvalue weighted by atomic mass is 9.91. The minimum absolute atomic E-state index is 0.212. The summed E-state index contributed by atoms with van der Waals surface area (Å²) in [5.41, 5.74) is 3.43. The molecule has 0 aliphatic rings. The lowest BCUT2D eigenvalue weighted by Gasteiger charge is -2.12. The molecule has 0 unspecified atom stereocenters. The van der Waals surface area contributed by atoms with E-state index < -0.39 is 0 Å². The molecule has 0 fully saturated rings. The number of carbonyl (C=O) groups excluding carboxylic acids is 3. The molecule has 0 saturated heterocycles. The summed E-state index contributed by atoms with van der Waals surface area (Å²) in [7, 11) is 0. The summed E-state index contributed by atoms with van der Waals surface area (Å²) in [4.78, 5) is 55.4. The first-order valence-corrected chi connectivity index (χ1v) is 13.4. The van der Waals surface area contributed by atoms with Crippen LogP contribution in [0, 0.1) is 0 Å². The van der Waals surface area contributed by atoms with Crippen LogP contribution in [0.3, 0.4) is 0 Å². The van der Waals surface area contributed by atoms with Gasteiger partial charge in [0.2, 0.25) is 0 Å². The van der Waals surface area contributed by atoms with Gasteiger partial charge in [0.1, 0.15) is 0 Å². The first kappa shape index (κ1) is 25.1. The van der Waals surface area contributed by atoms with E-state index in [1.165, 1.54) is 0 Å². The number of ketones is 3. The van der Waals surface area contributed by atoms with Crippen molar-refractivity contribution >= 4 is 50.1 Å². The van der Waals surface area contributed by atoms with Crippen LogP contribution in [0.5, 0.6) is 0 Å². The number of aromatic nitrogens is 3. The summed E-state index contributed by atoms with van der Waals surface area (Å²) in [5, 5.41) is 2.45. The van der Waals surface area contributed by atoms with Crippen LogP contribution in [-0.2, 0) is 0 Å². The fraction of sp³-hybridized carbons (Fsp3) is 0. The number of fused-ring (bicyclic) bond motifs is 3. The van der Waals surface area contributed by atoms with Crippen molar-refractivity contribution in [1.82, 2.24) is 15.0 Å². The van der Waals surface area contributed by atoms with E-state index in [1.807, 2.05) is 54.6 Å². The van der Waals surface area contributed by atoms with E-state index in [2.05, 4.69) is 15.0 Å². The Labute approximate surface area is 240 Å². The molecule has 0 bridgehead atoms. The van der Waals surface area contributed by atoms with Crippen LogP contribution in [-0.4, -0.2) is 32.3 Å². The Hall–Kier alpha value is -5.88. The second kappa shape index (κ2) is 10.3. The molecule has 6 heteroatoms. The van der Waals surface area contributed by atoms with Gasteiger partial charge < -0.3 is 0 Å². The van der Waals surface area contributed by atoms with Gasteiger partial charge in [-0.25, -0.2) is 0 Å². The van der Waals surface area contributed by atoms with Crippen LogP contribution in [0.2, 0.25) is 0 Å². The number of para-hydroxylation sites is 3. The molecule has 42 heavy (non-hydrogen) atoms. The van der Waals surface area contributed by atoms with Gasteiger partial charge in [0.15, 0.2) is 17.3 Å². The van der Waals surface area contributed by atoms with Crippen LogP contribution < -0.4 is 0 Å². The minimum atomic E-state index is -0.338. The van der Waals surface area contributed by atoms with E-state index >= 15 is 0 Å². The molecular formula is C36H21N3O3. The van der Waals surface area contributed by atoms with Gasteiger partial charge in [-0.2, -0.15) is 0 Å². The highest BCUT2D eigenvalue weighted by atomic mass is 16.1. The summed E-state index contributed by atoms with van der Waals surface area (Å²) in [5.74, 6) is -1.01. The molecule has 4 aromatic carbocycles. The van der Waals surface area contributed by atoms with E-state index in [9.17, 15) is 14.4 Å². The largest absolute Gasteiger partial charge is 0.289 e. The lowest BCUT2D eigenvalue weighted by molar-refractivity contribution is 0.103. The van der Waals surface area contributed by atoms with Gasteiger partial charge in [0.25, 0.3) is 0 Å². The molecule has 0 aliphatic carbocycles. The molecule has 7 rings (SSSR count). The maximum Gasteiger partial charge on any atom is 0.195 e. The second-order valence-electron chi connectivity index (χ2n) is 9.93. The van der Waals surface area contributed by atoms with Gasteiger partial charge in [-0.05, 0) is 54.6 Å². The SMILES string of the molecule is O=C(c1cc(C(=O)c2cccc3cccnc23)cc(C(=O)c2cccc3cccnc23)c1)c1cccc2cccnc12. The number of pyridine rings is 3. The van der Waals surface area contributed by atoms with Gasteiger partial charge in [0, 0.05) is 68.1 Å². The van der Waals surface area contributed by atoms with Crippen molar-refractivity contribution in [3.8, 4) is 0 Å². The van der Waals surface area contributed by atoms with Crippen molar-refractivity contribution in [3.63, 3.8) is 0 Å². The van der Waals surface area contributed by atoms with E-state index in [0.717, 1.165) is 16.2 Å². The molecule has 0 amide bonds. The summed E-state index contributed by atoms with van der Waals surface area (Å²) in [6.07, 6.45) is 4.90. The Bertz CT molecular complexity index is 1940. The molecule has 0 aliphatic heterocycles. The summed E-state index contributed by atoms with van der Waals surface area (Å²) in [6.45, 7) is 0. The van der Waals surface area contributed by atoms with Crippen molar-refractivity contribution in [3.05, 3.63) is 161 Å². The number of benzene rings is 4. The van der Waals surface area contributed by atoms with Crippen molar-refractivity contribution < 1.29 is 14.4 Å². The number of hydrogen-bond donors (Lipinski definition) is 0. The topological polar surface area (TPSA) is 89.9 Å². The number of rotatable bonds is 6. The van der Waals surface area contributed by atoms with Crippen molar-refractivity contribution in [2.24, 2.45) is 0 Å².